The van der Waals surface area contributed by atoms with E-state index >= 15 is 0 Å². The summed E-state index contributed by atoms with van der Waals surface area (Å²) < 4.78 is 10.8. The van der Waals surface area contributed by atoms with Crippen LogP contribution >= 0.6 is 0 Å². The summed E-state index contributed by atoms with van der Waals surface area (Å²) in [5.41, 5.74) is 7.04. The lowest BCUT2D eigenvalue weighted by atomic mass is 9.95. The van der Waals surface area contributed by atoms with Gasteiger partial charge in [0.15, 0.2) is 0 Å². The van der Waals surface area contributed by atoms with Gasteiger partial charge in [0, 0.05) is 24.2 Å². The van der Waals surface area contributed by atoms with Crippen molar-refractivity contribution in [2.24, 2.45) is 11.7 Å². The van der Waals surface area contributed by atoms with E-state index in [0.717, 1.165) is 31.1 Å². The van der Waals surface area contributed by atoms with Gasteiger partial charge in [-0.1, -0.05) is 6.07 Å². The monoisotopic (exact) mass is 278 g/mol. The molecule has 1 aromatic carbocycles. The van der Waals surface area contributed by atoms with Crippen molar-refractivity contribution >= 4 is 0 Å². The Labute approximate surface area is 121 Å². The highest BCUT2D eigenvalue weighted by Crippen LogP contribution is 2.34. The topological polar surface area (TPSA) is 47.7 Å². The number of benzene rings is 1. The fourth-order valence-electron chi connectivity index (χ4n) is 3.00. The Hall–Kier alpha value is -1.26. The molecule has 0 spiro atoms. The number of hydrogen-bond donors (Lipinski definition) is 1. The lowest BCUT2D eigenvalue weighted by Crippen LogP contribution is -2.39. The first-order valence-electron chi connectivity index (χ1n) is 7.35. The van der Waals surface area contributed by atoms with E-state index < -0.39 is 0 Å². The standard InChI is InChI=1S/C16H26N2O2/c1-12(18-8-4-5-13(10-17)11-18)15-7-6-14(19-2)9-16(15)20-3/h6-7,9,12-13H,4-5,8,10-11,17H2,1-3H3. The van der Waals surface area contributed by atoms with E-state index in [9.17, 15) is 0 Å². The number of nitrogens with zero attached hydrogens (tertiary/aromatic N) is 1. The van der Waals surface area contributed by atoms with Gasteiger partial charge < -0.3 is 15.2 Å². The number of likely N-dealkylation sites (tertiary alicyclic amines) is 1. The molecule has 0 aromatic heterocycles. The molecule has 20 heavy (non-hydrogen) atoms. The highest BCUT2D eigenvalue weighted by molar-refractivity contribution is 5.42. The van der Waals surface area contributed by atoms with Crippen LogP contribution in [0.5, 0.6) is 11.5 Å². The minimum atomic E-state index is 0.338. The Kier molecular flexibility index (Phi) is 5.26. The lowest BCUT2D eigenvalue weighted by molar-refractivity contribution is 0.133. The van der Waals surface area contributed by atoms with E-state index in [1.54, 1.807) is 14.2 Å². The van der Waals surface area contributed by atoms with E-state index in [4.69, 9.17) is 15.2 Å². The smallest absolute Gasteiger partial charge is 0.127 e. The normalized spacial score (nSPS) is 21.5. The van der Waals surface area contributed by atoms with Gasteiger partial charge >= 0.3 is 0 Å². The molecule has 0 amide bonds. The van der Waals surface area contributed by atoms with E-state index in [0.29, 0.717) is 12.0 Å². The number of hydrogen-bond acceptors (Lipinski definition) is 4. The second-order valence-electron chi connectivity index (χ2n) is 5.52. The van der Waals surface area contributed by atoms with Gasteiger partial charge in [-0.3, -0.25) is 4.90 Å². The summed E-state index contributed by atoms with van der Waals surface area (Å²) in [4.78, 5) is 2.51. The number of nitrogens with two attached hydrogens (primary N) is 1. The number of methoxy groups -OCH3 is 2. The first-order chi connectivity index (χ1) is 9.69. The van der Waals surface area contributed by atoms with Gasteiger partial charge in [0.25, 0.3) is 0 Å². The summed E-state index contributed by atoms with van der Waals surface area (Å²) in [6.07, 6.45) is 2.48. The molecule has 1 aliphatic heterocycles. The van der Waals surface area contributed by atoms with Gasteiger partial charge in [-0.25, -0.2) is 0 Å². The van der Waals surface area contributed by atoms with Crippen LogP contribution in [0.1, 0.15) is 31.4 Å². The Bertz CT molecular complexity index is 436. The third-order valence-electron chi connectivity index (χ3n) is 4.32. The molecule has 0 radical (unpaired) electrons. The Morgan fingerprint density at radius 3 is 2.80 bits per heavy atom. The first kappa shape index (κ1) is 15.1. The van der Waals surface area contributed by atoms with Crippen molar-refractivity contribution in [2.75, 3.05) is 33.9 Å². The van der Waals surface area contributed by atoms with Gasteiger partial charge in [-0.2, -0.15) is 0 Å². The lowest BCUT2D eigenvalue weighted by Gasteiger charge is -2.37. The summed E-state index contributed by atoms with van der Waals surface area (Å²) >= 11 is 0. The van der Waals surface area contributed by atoms with Crippen molar-refractivity contribution in [1.82, 2.24) is 4.90 Å². The van der Waals surface area contributed by atoms with Crippen molar-refractivity contribution in [3.63, 3.8) is 0 Å². The van der Waals surface area contributed by atoms with Crippen molar-refractivity contribution in [2.45, 2.75) is 25.8 Å². The van der Waals surface area contributed by atoms with Crippen LogP contribution < -0.4 is 15.2 Å². The summed E-state index contributed by atoms with van der Waals surface area (Å²) in [6, 6.07) is 6.40. The molecule has 0 bridgehead atoms. The molecule has 1 saturated heterocycles. The van der Waals surface area contributed by atoms with Crippen molar-refractivity contribution in [3.8, 4) is 11.5 Å². The fourth-order valence-corrected chi connectivity index (χ4v) is 3.00. The van der Waals surface area contributed by atoms with E-state index in [1.165, 1.54) is 18.4 Å². The fraction of sp³-hybridized carbons (Fsp3) is 0.625. The molecule has 2 atom stereocenters. The summed E-state index contributed by atoms with van der Waals surface area (Å²) in [5, 5.41) is 0. The predicted molar refractivity (Wildman–Crippen MR) is 81.3 cm³/mol. The van der Waals surface area contributed by atoms with Crippen molar-refractivity contribution in [3.05, 3.63) is 23.8 Å². The molecule has 0 saturated carbocycles. The molecule has 4 nitrogen and oxygen atoms in total. The first-order valence-corrected chi connectivity index (χ1v) is 7.35. The van der Waals surface area contributed by atoms with Crippen LogP contribution in [0.2, 0.25) is 0 Å². The van der Waals surface area contributed by atoms with E-state index in [1.807, 2.05) is 12.1 Å². The molecule has 2 unspecified atom stereocenters. The SMILES string of the molecule is COc1ccc(C(C)N2CCCC(CN)C2)c(OC)c1. The molecule has 2 N–H and O–H groups in total. The molecule has 1 aliphatic rings. The van der Waals surface area contributed by atoms with Gasteiger partial charge in [-0.05, 0) is 44.8 Å². The molecular weight excluding hydrogens is 252 g/mol. The Morgan fingerprint density at radius 2 is 2.15 bits per heavy atom. The van der Waals surface area contributed by atoms with Crippen LogP contribution in [0, 0.1) is 5.92 Å². The second kappa shape index (κ2) is 6.95. The highest BCUT2D eigenvalue weighted by Gasteiger charge is 2.25. The average Bonchev–Trinajstić information content (AvgIpc) is 2.53. The maximum Gasteiger partial charge on any atom is 0.127 e. The summed E-state index contributed by atoms with van der Waals surface area (Å²) in [6.45, 7) is 5.23. The van der Waals surface area contributed by atoms with Crippen LogP contribution in [-0.4, -0.2) is 38.8 Å². The molecule has 4 heteroatoms. The second-order valence-corrected chi connectivity index (χ2v) is 5.52. The average molecular weight is 278 g/mol. The molecular formula is C16H26N2O2. The van der Waals surface area contributed by atoms with Crippen molar-refractivity contribution < 1.29 is 9.47 Å². The van der Waals surface area contributed by atoms with Crippen LogP contribution in [0.15, 0.2) is 18.2 Å². The van der Waals surface area contributed by atoms with Gasteiger partial charge in [-0.15, -0.1) is 0 Å². The largest absolute Gasteiger partial charge is 0.497 e. The maximum atomic E-state index is 5.83. The van der Waals surface area contributed by atoms with E-state index in [-0.39, 0.29) is 0 Å². The van der Waals surface area contributed by atoms with E-state index in [2.05, 4.69) is 17.9 Å². The molecule has 2 rings (SSSR count). The summed E-state index contributed by atoms with van der Waals surface area (Å²) in [7, 11) is 3.39. The highest BCUT2D eigenvalue weighted by atomic mass is 16.5. The van der Waals surface area contributed by atoms with Crippen LogP contribution in [0.4, 0.5) is 0 Å². The van der Waals surface area contributed by atoms with Crippen molar-refractivity contribution in [1.29, 1.82) is 0 Å². The maximum absolute atomic E-state index is 5.83. The molecule has 1 heterocycles. The zero-order chi connectivity index (χ0) is 14.5. The quantitative estimate of drug-likeness (QED) is 0.898. The molecule has 112 valence electrons. The molecule has 1 aromatic rings. The van der Waals surface area contributed by atoms with Gasteiger partial charge in [0.05, 0.1) is 14.2 Å². The number of piperidine rings is 1. The third-order valence-corrected chi connectivity index (χ3v) is 4.32. The molecule has 1 fully saturated rings. The predicted octanol–water partition coefficient (Wildman–Crippen LogP) is 2.44. The minimum Gasteiger partial charge on any atom is -0.497 e. The number of ether oxygens (including phenoxy) is 2. The van der Waals surface area contributed by atoms with Crippen LogP contribution in [0.25, 0.3) is 0 Å². The van der Waals surface area contributed by atoms with Crippen LogP contribution in [-0.2, 0) is 0 Å². The minimum absolute atomic E-state index is 0.338. The Balaban J connectivity index is 2.17. The number of rotatable bonds is 5. The van der Waals surface area contributed by atoms with Gasteiger partial charge in [0.1, 0.15) is 11.5 Å². The third kappa shape index (κ3) is 3.25. The summed E-state index contributed by atoms with van der Waals surface area (Å²) in [5.74, 6) is 2.35. The van der Waals surface area contributed by atoms with Crippen LogP contribution in [0.3, 0.4) is 0 Å². The zero-order valence-electron chi connectivity index (χ0n) is 12.8. The van der Waals surface area contributed by atoms with Gasteiger partial charge in [0.2, 0.25) is 0 Å². The Morgan fingerprint density at radius 1 is 1.35 bits per heavy atom. The zero-order valence-corrected chi connectivity index (χ0v) is 12.8. The molecule has 0 aliphatic carbocycles.